The summed E-state index contributed by atoms with van der Waals surface area (Å²) < 4.78 is 2.23. The van der Waals surface area contributed by atoms with Gasteiger partial charge in [0.2, 0.25) is 0 Å². The van der Waals surface area contributed by atoms with Gasteiger partial charge in [-0.25, -0.2) is 0 Å². The van der Waals surface area contributed by atoms with Gasteiger partial charge in [0.25, 0.3) is 0 Å². The second kappa shape index (κ2) is 10.00. The maximum atomic E-state index is 9.81. The van der Waals surface area contributed by atoms with E-state index in [0.717, 1.165) is 55.5 Å². The molecule has 6 heteroatoms. The normalized spacial score (nSPS) is 16.0. The second-order valence-electron chi connectivity index (χ2n) is 8.97. The zero-order valence-corrected chi connectivity index (χ0v) is 19.2. The van der Waals surface area contributed by atoms with Crippen LogP contribution in [0.1, 0.15) is 48.7 Å². The molecule has 0 saturated heterocycles. The fraction of sp³-hybridized carbons (Fsp3) is 0.407. The van der Waals surface area contributed by atoms with Gasteiger partial charge >= 0.3 is 0 Å². The van der Waals surface area contributed by atoms with E-state index in [4.69, 9.17) is 15.7 Å². The lowest BCUT2D eigenvalue weighted by Gasteiger charge is -2.35. The number of hydrogen-bond donors (Lipinski definition) is 2. The summed E-state index contributed by atoms with van der Waals surface area (Å²) in [4.78, 5) is 12.2. The van der Waals surface area contributed by atoms with E-state index in [2.05, 4.69) is 51.9 Å². The van der Waals surface area contributed by atoms with Crippen molar-refractivity contribution in [3.63, 3.8) is 0 Å². The molecule has 3 aromatic heterocycles. The van der Waals surface area contributed by atoms with Crippen LogP contribution in [0.15, 0.2) is 54.9 Å². The van der Waals surface area contributed by atoms with Crippen LogP contribution in [0.4, 0.5) is 0 Å². The van der Waals surface area contributed by atoms with Gasteiger partial charge in [0, 0.05) is 41.8 Å². The quantitative estimate of drug-likeness (QED) is 0.379. The van der Waals surface area contributed by atoms with E-state index in [1.54, 1.807) is 0 Å². The summed E-state index contributed by atoms with van der Waals surface area (Å²) in [5.41, 5.74) is 11.8. The molecule has 1 aliphatic rings. The molecule has 1 unspecified atom stereocenters. The Morgan fingerprint density at radius 3 is 2.82 bits per heavy atom. The third kappa shape index (κ3) is 4.26. The number of hydrogen-bond acceptors (Lipinski definition) is 5. The van der Waals surface area contributed by atoms with Gasteiger partial charge in [0.15, 0.2) is 0 Å². The van der Waals surface area contributed by atoms with Crippen molar-refractivity contribution >= 4 is 21.8 Å². The summed E-state index contributed by atoms with van der Waals surface area (Å²) >= 11 is 0. The topological polar surface area (TPSA) is 80.2 Å². The van der Waals surface area contributed by atoms with Crippen LogP contribution in [0, 0.1) is 0 Å². The fourth-order valence-electron chi connectivity index (χ4n) is 5.46. The molecule has 33 heavy (non-hydrogen) atoms. The monoisotopic (exact) mass is 443 g/mol. The second-order valence-corrected chi connectivity index (χ2v) is 8.97. The van der Waals surface area contributed by atoms with E-state index in [0.29, 0.717) is 19.1 Å². The van der Waals surface area contributed by atoms with Crippen LogP contribution in [0.5, 0.6) is 0 Å². The molecule has 0 fully saturated rings. The van der Waals surface area contributed by atoms with Crippen LogP contribution < -0.4 is 5.73 Å². The van der Waals surface area contributed by atoms with Gasteiger partial charge in [-0.05, 0) is 69.0 Å². The lowest BCUT2D eigenvalue weighted by atomic mass is 9.90. The molecular weight excluding hydrogens is 410 g/mol. The van der Waals surface area contributed by atoms with Gasteiger partial charge in [0.1, 0.15) is 0 Å². The number of para-hydroxylation sites is 1. The van der Waals surface area contributed by atoms with Crippen molar-refractivity contribution in [3.8, 4) is 0 Å². The molecule has 0 amide bonds. The molecule has 3 heterocycles. The molecule has 172 valence electrons. The summed E-state index contributed by atoms with van der Waals surface area (Å²) in [7, 11) is 0. The Bertz CT molecular complexity index is 1230. The van der Waals surface area contributed by atoms with Crippen molar-refractivity contribution in [1.29, 1.82) is 0 Å². The number of fused-ring (bicyclic) bond motifs is 4. The Hall–Kier alpha value is -2.80. The highest BCUT2D eigenvalue weighted by Crippen LogP contribution is 2.36. The molecule has 0 saturated carbocycles. The number of aliphatic hydroxyl groups is 1. The van der Waals surface area contributed by atoms with Crippen molar-refractivity contribution in [2.24, 2.45) is 5.73 Å². The maximum Gasteiger partial charge on any atom is 0.0787 e. The number of pyridine rings is 2. The molecule has 1 atom stereocenters. The van der Waals surface area contributed by atoms with E-state index < -0.39 is 0 Å². The van der Waals surface area contributed by atoms with Crippen molar-refractivity contribution in [2.75, 3.05) is 19.7 Å². The number of aromatic nitrogens is 3. The first-order chi connectivity index (χ1) is 16.3. The van der Waals surface area contributed by atoms with Crippen molar-refractivity contribution in [3.05, 3.63) is 71.8 Å². The summed E-state index contributed by atoms with van der Waals surface area (Å²) in [5, 5.41) is 12.2. The third-order valence-corrected chi connectivity index (χ3v) is 6.94. The predicted molar refractivity (Wildman–Crippen MR) is 133 cm³/mol. The number of unbranched alkanes of at least 4 members (excludes halogenated alkanes) is 1. The lowest BCUT2D eigenvalue weighted by molar-refractivity contribution is 0.161. The largest absolute Gasteiger partial charge is 0.395 e. The predicted octanol–water partition coefficient (Wildman–Crippen LogP) is 4.20. The Morgan fingerprint density at radius 2 is 1.94 bits per heavy atom. The molecule has 6 nitrogen and oxygen atoms in total. The zero-order valence-electron chi connectivity index (χ0n) is 19.2. The fourth-order valence-corrected chi connectivity index (χ4v) is 5.46. The van der Waals surface area contributed by atoms with Crippen LogP contribution in [0.2, 0.25) is 0 Å². The number of nitrogens with zero attached hydrogens (tertiary/aromatic N) is 4. The lowest BCUT2D eigenvalue weighted by Crippen LogP contribution is -2.33. The van der Waals surface area contributed by atoms with Gasteiger partial charge in [-0.15, -0.1) is 0 Å². The molecule has 0 spiro atoms. The molecule has 4 aromatic rings. The number of aliphatic hydroxyl groups excluding tert-OH is 1. The van der Waals surface area contributed by atoms with Gasteiger partial charge in [0.05, 0.1) is 29.6 Å². The minimum Gasteiger partial charge on any atom is -0.395 e. The highest BCUT2D eigenvalue weighted by molar-refractivity contribution is 6.08. The van der Waals surface area contributed by atoms with Crippen LogP contribution in [0.25, 0.3) is 21.8 Å². The summed E-state index contributed by atoms with van der Waals surface area (Å²) in [6.45, 7) is 3.10. The molecule has 5 rings (SSSR count). The molecule has 1 aromatic carbocycles. The Balaban J connectivity index is 1.58. The van der Waals surface area contributed by atoms with E-state index in [1.807, 2.05) is 12.4 Å². The number of aryl methyl sites for hydroxylation is 1. The van der Waals surface area contributed by atoms with E-state index >= 15 is 0 Å². The number of benzene rings is 1. The van der Waals surface area contributed by atoms with Crippen LogP contribution in [0.3, 0.4) is 0 Å². The molecule has 3 N–H and O–H groups in total. The van der Waals surface area contributed by atoms with Crippen molar-refractivity contribution in [1.82, 2.24) is 19.4 Å². The summed E-state index contributed by atoms with van der Waals surface area (Å²) in [5.74, 6) is 0. The van der Waals surface area contributed by atoms with E-state index in [1.165, 1.54) is 28.5 Å². The SMILES string of the molecule is NCCCCN(Cc1nccc2c3ccccc3n(CCO)c12)C1CCCc2cccnc21. The van der Waals surface area contributed by atoms with Gasteiger partial charge < -0.3 is 15.4 Å². The number of rotatable bonds is 9. The zero-order chi connectivity index (χ0) is 22.6. The van der Waals surface area contributed by atoms with Gasteiger partial charge in [-0.3, -0.25) is 14.9 Å². The highest BCUT2D eigenvalue weighted by Gasteiger charge is 2.28. The Labute approximate surface area is 195 Å². The summed E-state index contributed by atoms with van der Waals surface area (Å²) in [6.07, 6.45) is 9.33. The van der Waals surface area contributed by atoms with Gasteiger partial charge in [-0.2, -0.15) is 0 Å². The molecule has 0 aliphatic heterocycles. The average Bonchev–Trinajstić information content (AvgIpc) is 3.18. The first-order valence-corrected chi connectivity index (χ1v) is 12.2. The Morgan fingerprint density at radius 1 is 1.03 bits per heavy atom. The minimum absolute atomic E-state index is 0.0994. The first-order valence-electron chi connectivity index (χ1n) is 12.2. The van der Waals surface area contributed by atoms with Crippen molar-refractivity contribution < 1.29 is 5.11 Å². The minimum atomic E-state index is 0.0994. The average molecular weight is 444 g/mol. The van der Waals surface area contributed by atoms with Crippen LogP contribution in [-0.2, 0) is 19.5 Å². The van der Waals surface area contributed by atoms with E-state index in [-0.39, 0.29) is 6.61 Å². The van der Waals surface area contributed by atoms with Crippen LogP contribution in [-0.4, -0.2) is 44.2 Å². The third-order valence-electron chi connectivity index (χ3n) is 6.94. The Kier molecular flexibility index (Phi) is 6.67. The maximum absolute atomic E-state index is 9.81. The molecule has 0 radical (unpaired) electrons. The highest BCUT2D eigenvalue weighted by atomic mass is 16.3. The van der Waals surface area contributed by atoms with Gasteiger partial charge in [-0.1, -0.05) is 24.3 Å². The standard InChI is InChI=1S/C27H33N5O/c28-13-3-4-16-31(25-11-5-7-20-8-6-14-30-26(20)25)19-23-27-22(12-15-29-23)21-9-1-2-10-24(21)32(27)17-18-33/h1-2,6,8-10,12,14-15,25,33H,3-5,7,11,13,16-19,28H2. The first kappa shape index (κ1) is 22.0. The number of nitrogens with two attached hydrogens (primary N) is 1. The molecule has 1 aliphatic carbocycles. The van der Waals surface area contributed by atoms with Crippen LogP contribution >= 0.6 is 0 Å². The van der Waals surface area contributed by atoms with Crippen molar-refractivity contribution in [2.45, 2.75) is 51.2 Å². The smallest absolute Gasteiger partial charge is 0.0787 e. The molecule has 0 bridgehead atoms. The molecular formula is C27H33N5O. The summed E-state index contributed by atoms with van der Waals surface area (Å²) in [6, 6.07) is 15.1. The van der Waals surface area contributed by atoms with E-state index in [9.17, 15) is 5.11 Å².